The first-order valence-electron chi connectivity index (χ1n) is 8.17. The van der Waals surface area contributed by atoms with E-state index in [0.717, 1.165) is 33.3 Å². The molecular weight excluding hydrogens is 344 g/mol. The smallest absolute Gasteiger partial charge is 0.269 e. The first-order chi connectivity index (χ1) is 12.7. The van der Waals surface area contributed by atoms with Crippen LogP contribution in [0.25, 0.3) is 33.3 Å². The van der Waals surface area contributed by atoms with Crippen molar-refractivity contribution in [3.63, 3.8) is 0 Å². The lowest BCUT2D eigenvalue weighted by Crippen LogP contribution is -1.88. The van der Waals surface area contributed by atoms with Gasteiger partial charge in [0.2, 0.25) is 0 Å². The Kier molecular flexibility index (Phi) is 4.22. The zero-order chi connectivity index (χ0) is 18.1. The van der Waals surface area contributed by atoms with E-state index in [2.05, 4.69) is 41.6 Å². The molecule has 0 aliphatic carbocycles. The molecule has 26 heavy (non-hydrogen) atoms. The Bertz CT molecular complexity index is 1080. The van der Waals surface area contributed by atoms with Crippen LogP contribution in [0.4, 0.5) is 5.69 Å². The van der Waals surface area contributed by atoms with Crippen molar-refractivity contribution >= 4 is 28.4 Å². The fourth-order valence-corrected chi connectivity index (χ4v) is 3.57. The Balaban J connectivity index is 1.92. The number of H-pyrrole nitrogens is 1. The average Bonchev–Trinajstić information content (AvgIpc) is 3.07. The third-order valence-electron chi connectivity index (χ3n) is 4.45. The Morgan fingerprint density at radius 3 is 2.19 bits per heavy atom. The van der Waals surface area contributed by atoms with Crippen LogP contribution in [0.15, 0.2) is 77.7 Å². The fourth-order valence-electron chi connectivity index (χ4n) is 3.17. The molecule has 0 radical (unpaired) electrons. The summed E-state index contributed by atoms with van der Waals surface area (Å²) in [6, 6.07) is 23.3. The molecule has 0 saturated heterocycles. The van der Waals surface area contributed by atoms with Crippen LogP contribution in [0.3, 0.4) is 0 Å². The monoisotopic (exact) mass is 360 g/mol. The molecule has 0 atom stereocenters. The quantitative estimate of drug-likeness (QED) is 0.270. The van der Waals surface area contributed by atoms with E-state index in [4.69, 9.17) is 0 Å². The van der Waals surface area contributed by atoms with Gasteiger partial charge in [-0.2, -0.15) is 0 Å². The first kappa shape index (κ1) is 16.4. The number of non-ortho nitro benzene ring substituents is 1. The number of nitrogens with zero attached hydrogens (tertiary/aromatic N) is 1. The van der Waals surface area contributed by atoms with Crippen molar-refractivity contribution in [1.82, 2.24) is 4.98 Å². The standard InChI is InChI=1S/C21H16N2O2S/c1-26-17-12-8-14(9-13-17)20-18-4-2-3-5-19(18)22-21(20)15-6-10-16(11-7-15)23(24)25/h2-13,22H,1H3. The summed E-state index contributed by atoms with van der Waals surface area (Å²) < 4.78 is 0. The van der Waals surface area contributed by atoms with Gasteiger partial charge in [-0.05, 0) is 47.7 Å². The van der Waals surface area contributed by atoms with Gasteiger partial charge >= 0.3 is 0 Å². The highest BCUT2D eigenvalue weighted by atomic mass is 32.2. The minimum Gasteiger partial charge on any atom is -0.354 e. The second kappa shape index (κ2) is 6.69. The number of hydrogen-bond donors (Lipinski definition) is 1. The normalized spacial score (nSPS) is 11.0. The van der Waals surface area contributed by atoms with E-state index in [1.54, 1.807) is 36.0 Å². The number of para-hydroxylation sites is 1. The summed E-state index contributed by atoms with van der Waals surface area (Å²) in [5.41, 5.74) is 5.27. The molecular formula is C21H16N2O2S. The van der Waals surface area contributed by atoms with Crippen LogP contribution in [-0.2, 0) is 0 Å². The highest BCUT2D eigenvalue weighted by Gasteiger charge is 2.16. The molecule has 0 fully saturated rings. The van der Waals surface area contributed by atoms with Crippen molar-refractivity contribution < 1.29 is 4.92 Å². The van der Waals surface area contributed by atoms with Crippen molar-refractivity contribution in [2.45, 2.75) is 4.90 Å². The molecule has 128 valence electrons. The molecule has 0 bridgehead atoms. The second-order valence-electron chi connectivity index (χ2n) is 5.95. The number of fused-ring (bicyclic) bond motifs is 1. The topological polar surface area (TPSA) is 58.9 Å². The largest absolute Gasteiger partial charge is 0.354 e. The van der Waals surface area contributed by atoms with Gasteiger partial charge in [0.15, 0.2) is 0 Å². The van der Waals surface area contributed by atoms with Crippen molar-refractivity contribution in [2.24, 2.45) is 0 Å². The van der Waals surface area contributed by atoms with Crippen molar-refractivity contribution in [3.8, 4) is 22.4 Å². The van der Waals surface area contributed by atoms with Crippen LogP contribution >= 0.6 is 11.8 Å². The van der Waals surface area contributed by atoms with E-state index in [1.807, 2.05) is 18.2 Å². The lowest BCUT2D eigenvalue weighted by molar-refractivity contribution is -0.384. The summed E-state index contributed by atoms with van der Waals surface area (Å²) in [6.07, 6.45) is 2.06. The maximum atomic E-state index is 10.9. The number of nitrogens with one attached hydrogen (secondary N) is 1. The Labute approximate surface area is 155 Å². The number of nitro benzene ring substituents is 1. The molecule has 4 aromatic rings. The predicted octanol–water partition coefficient (Wildman–Crippen LogP) is 6.13. The van der Waals surface area contributed by atoms with Crippen LogP contribution in [0, 0.1) is 10.1 Å². The maximum absolute atomic E-state index is 10.9. The summed E-state index contributed by atoms with van der Waals surface area (Å²) in [5.74, 6) is 0. The van der Waals surface area contributed by atoms with Crippen molar-refractivity contribution in [2.75, 3.05) is 6.26 Å². The van der Waals surface area contributed by atoms with Crippen LogP contribution < -0.4 is 0 Å². The number of aromatic nitrogens is 1. The number of thioether (sulfide) groups is 1. The lowest BCUT2D eigenvalue weighted by Gasteiger charge is -2.07. The molecule has 4 nitrogen and oxygen atoms in total. The van der Waals surface area contributed by atoms with Gasteiger partial charge in [-0.1, -0.05) is 30.3 Å². The zero-order valence-corrected chi connectivity index (χ0v) is 14.9. The molecule has 1 aromatic heterocycles. The van der Waals surface area contributed by atoms with Gasteiger partial charge in [-0.25, -0.2) is 0 Å². The minimum atomic E-state index is -0.378. The van der Waals surface area contributed by atoms with E-state index in [1.165, 1.54) is 4.90 Å². The van der Waals surface area contributed by atoms with Crippen LogP contribution in [0.1, 0.15) is 0 Å². The summed E-state index contributed by atoms with van der Waals surface area (Å²) in [6.45, 7) is 0. The second-order valence-corrected chi connectivity index (χ2v) is 6.83. The number of nitro groups is 1. The molecule has 0 aliphatic rings. The Morgan fingerprint density at radius 2 is 1.54 bits per heavy atom. The predicted molar refractivity (Wildman–Crippen MR) is 108 cm³/mol. The number of hydrogen-bond acceptors (Lipinski definition) is 3. The SMILES string of the molecule is CSc1ccc(-c2c(-c3ccc([N+](=O)[O-])cc3)[nH]c3ccccc23)cc1. The van der Waals surface area contributed by atoms with E-state index in [9.17, 15) is 10.1 Å². The molecule has 0 aliphatic heterocycles. The highest BCUT2D eigenvalue weighted by Crippen LogP contribution is 2.39. The molecule has 1 heterocycles. The Morgan fingerprint density at radius 1 is 0.885 bits per heavy atom. The molecule has 0 amide bonds. The number of aromatic amines is 1. The van der Waals surface area contributed by atoms with Gasteiger partial charge < -0.3 is 4.98 Å². The van der Waals surface area contributed by atoms with E-state index in [-0.39, 0.29) is 10.6 Å². The van der Waals surface area contributed by atoms with Crippen LogP contribution in [-0.4, -0.2) is 16.2 Å². The van der Waals surface area contributed by atoms with Crippen LogP contribution in [0.5, 0.6) is 0 Å². The molecule has 0 spiro atoms. The zero-order valence-electron chi connectivity index (χ0n) is 14.1. The maximum Gasteiger partial charge on any atom is 0.269 e. The molecule has 1 N–H and O–H groups in total. The average molecular weight is 360 g/mol. The van der Waals surface area contributed by atoms with E-state index >= 15 is 0 Å². The van der Waals surface area contributed by atoms with Gasteiger partial charge in [0, 0.05) is 33.5 Å². The first-order valence-corrected chi connectivity index (χ1v) is 9.40. The third kappa shape index (κ3) is 2.86. The molecule has 0 unspecified atom stereocenters. The lowest BCUT2D eigenvalue weighted by atomic mass is 9.98. The summed E-state index contributed by atoms with van der Waals surface area (Å²) in [7, 11) is 0. The van der Waals surface area contributed by atoms with Gasteiger partial charge in [-0.3, -0.25) is 10.1 Å². The fraction of sp³-hybridized carbons (Fsp3) is 0.0476. The van der Waals surface area contributed by atoms with Gasteiger partial charge in [0.05, 0.1) is 10.6 Å². The van der Waals surface area contributed by atoms with Gasteiger partial charge in [-0.15, -0.1) is 11.8 Å². The molecule has 5 heteroatoms. The molecule has 3 aromatic carbocycles. The van der Waals surface area contributed by atoms with Crippen LogP contribution in [0.2, 0.25) is 0 Å². The number of benzene rings is 3. The van der Waals surface area contributed by atoms with Gasteiger partial charge in [0.25, 0.3) is 5.69 Å². The van der Waals surface area contributed by atoms with E-state index in [0.29, 0.717) is 0 Å². The molecule has 0 saturated carbocycles. The van der Waals surface area contributed by atoms with Gasteiger partial charge in [0.1, 0.15) is 0 Å². The molecule has 4 rings (SSSR count). The summed E-state index contributed by atoms with van der Waals surface area (Å²) in [4.78, 5) is 15.3. The third-order valence-corrected chi connectivity index (χ3v) is 5.20. The summed E-state index contributed by atoms with van der Waals surface area (Å²) >= 11 is 1.71. The van der Waals surface area contributed by atoms with Crippen molar-refractivity contribution in [3.05, 3.63) is 82.9 Å². The van der Waals surface area contributed by atoms with E-state index < -0.39 is 0 Å². The highest BCUT2D eigenvalue weighted by molar-refractivity contribution is 7.98. The van der Waals surface area contributed by atoms with Crippen molar-refractivity contribution in [1.29, 1.82) is 0 Å². The number of rotatable bonds is 4. The summed E-state index contributed by atoms with van der Waals surface area (Å²) in [5, 5.41) is 12.1. The Hall–Kier alpha value is -3.05. The minimum absolute atomic E-state index is 0.0933.